The van der Waals surface area contributed by atoms with Crippen molar-refractivity contribution in [2.24, 2.45) is 0 Å². The van der Waals surface area contributed by atoms with Crippen LogP contribution in [0.1, 0.15) is 40.0 Å². The highest BCUT2D eigenvalue weighted by Crippen LogP contribution is 2.21. The molecule has 0 spiro atoms. The van der Waals surface area contributed by atoms with Crippen molar-refractivity contribution < 1.29 is 23.8 Å². The van der Waals surface area contributed by atoms with Crippen LogP contribution >= 0.6 is 0 Å². The van der Waals surface area contributed by atoms with Crippen LogP contribution in [0, 0.1) is 0 Å². The Labute approximate surface area is 108 Å². The molecule has 0 aromatic carbocycles. The van der Waals surface area contributed by atoms with Gasteiger partial charge in [0.15, 0.2) is 5.78 Å². The number of hydrogen-bond donors (Lipinski definition) is 0. The van der Waals surface area contributed by atoms with E-state index in [1.54, 1.807) is 6.92 Å². The van der Waals surface area contributed by atoms with Crippen LogP contribution in [0.3, 0.4) is 0 Å². The highest BCUT2D eigenvalue weighted by atomic mass is 16.5. The van der Waals surface area contributed by atoms with Crippen molar-refractivity contribution in [3.8, 4) is 0 Å². The Bertz CT molecular complexity index is 279. The van der Waals surface area contributed by atoms with Crippen LogP contribution in [0.5, 0.6) is 0 Å². The van der Waals surface area contributed by atoms with E-state index in [-0.39, 0.29) is 37.1 Å². The molecule has 0 radical (unpaired) electrons. The summed E-state index contributed by atoms with van der Waals surface area (Å²) in [7, 11) is 0. The lowest BCUT2D eigenvalue weighted by atomic mass is 10.0. The molecule has 0 saturated carbocycles. The van der Waals surface area contributed by atoms with Crippen LogP contribution in [0.2, 0.25) is 0 Å². The zero-order valence-corrected chi connectivity index (χ0v) is 11.3. The zero-order valence-electron chi connectivity index (χ0n) is 11.3. The van der Waals surface area contributed by atoms with Gasteiger partial charge in [0.2, 0.25) is 0 Å². The van der Waals surface area contributed by atoms with Crippen LogP contribution in [0.15, 0.2) is 0 Å². The summed E-state index contributed by atoms with van der Waals surface area (Å²) in [6.45, 7) is 5.97. The minimum atomic E-state index is -0.486. The SMILES string of the molecule is CCOC(=O)CC(=O)COC1CC(C)OC(C)C1. The number of Topliss-reactive ketones (excluding diaryl/α,β-unsaturated/α-hetero) is 1. The summed E-state index contributed by atoms with van der Waals surface area (Å²) in [6.07, 6.45) is 1.71. The van der Waals surface area contributed by atoms with Crippen molar-refractivity contribution in [1.82, 2.24) is 0 Å². The first kappa shape index (κ1) is 15.1. The summed E-state index contributed by atoms with van der Waals surface area (Å²) in [5.74, 6) is -0.722. The predicted octanol–water partition coefficient (Wildman–Crippen LogP) is 1.48. The summed E-state index contributed by atoms with van der Waals surface area (Å²) in [5, 5.41) is 0. The maximum Gasteiger partial charge on any atom is 0.313 e. The molecule has 1 fully saturated rings. The zero-order chi connectivity index (χ0) is 13.5. The predicted molar refractivity (Wildman–Crippen MR) is 65.2 cm³/mol. The highest BCUT2D eigenvalue weighted by Gasteiger charge is 2.25. The van der Waals surface area contributed by atoms with Crippen molar-refractivity contribution in [1.29, 1.82) is 0 Å². The Morgan fingerprint density at radius 3 is 2.39 bits per heavy atom. The first-order valence-corrected chi connectivity index (χ1v) is 6.45. The third-order valence-corrected chi connectivity index (χ3v) is 2.78. The molecule has 2 atom stereocenters. The summed E-state index contributed by atoms with van der Waals surface area (Å²) < 4.78 is 15.8. The Morgan fingerprint density at radius 2 is 1.83 bits per heavy atom. The molecule has 0 aromatic rings. The van der Waals surface area contributed by atoms with Gasteiger partial charge in [-0.05, 0) is 33.6 Å². The van der Waals surface area contributed by atoms with Crippen LogP contribution in [0.4, 0.5) is 0 Å². The van der Waals surface area contributed by atoms with Gasteiger partial charge in [-0.3, -0.25) is 9.59 Å². The number of rotatable bonds is 6. The van der Waals surface area contributed by atoms with Gasteiger partial charge in [-0.1, -0.05) is 0 Å². The van der Waals surface area contributed by atoms with Crippen LogP contribution in [0.25, 0.3) is 0 Å². The monoisotopic (exact) mass is 258 g/mol. The van der Waals surface area contributed by atoms with Crippen LogP contribution in [-0.2, 0) is 23.8 Å². The van der Waals surface area contributed by atoms with Crippen LogP contribution < -0.4 is 0 Å². The topological polar surface area (TPSA) is 61.8 Å². The number of ketones is 1. The fourth-order valence-corrected chi connectivity index (χ4v) is 2.12. The van der Waals surface area contributed by atoms with Crippen molar-refractivity contribution in [3.63, 3.8) is 0 Å². The van der Waals surface area contributed by atoms with E-state index in [2.05, 4.69) is 0 Å². The molecule has 0 aromatic heterocycles. The van der Waals surface area contributed by atoms with Gasteiger partial charge in [0.1, 0.15) is 13.0 Å². The van der Waals surface area contributed by atoms with Gasteiger partial charge in [0, 0.05) is 0 Å². The lowest BCUT2D eigenvalue weighted by Gasteiger charge is -2.31. The molecule has 0 amide bonds. The van der Waals surface area contributed by atoms with E-state index in [1.807, 2.05) is 13.8 Å². The highest BCUT2D eigenvalue weighted by molar-refractivity contribution is 5.96. The Kier molecular flexibility index (Phi) is 6.29. The number of hydrogen-bond acceptors (Lipinski definition) is 5. The maximum absolute atomic E-state index is 11.5. The van der Waals surface area contributed by atoms with E-state index >= 15 is 0 Å². The number of ether oxygens (including phenoxy) is 3. The molecular formula is C13H22O5. The quantitative estimate of drug-likeness (QED) is 0.533. The first-order valence-electron chi connectivity index (χ1n) is 6.45. The van der Waals surface area contributed by atoms with E-state index in [0.717, 1.165) is 12.8 Å². The summed E-state index contributed by atoms with van der Waals surface area (Å²) in [6, 6.07) is 0. The summed E-state index contributed by atoms with van der Waals surface area (Å²) >= 11 is 0. The molecule has 1 saturated heterocycles. The second-order valence-electron chi connectivity index (χ2n) is 4.68. The van der Waals surface area contributed by atoms with Crippen molar-refractivity contribution in [3.05, 3.63) is 0 Å². The second kappa shape index (κ2) is 7.48. The molecule has 0 bridgehead atoms. The minimum Gasteiger partial charge on any atom is -0.466 e. The molecule has 1 rings (SSSR count). The van der Waals surface area contributed by atoms with Crippen molar-refractivity contribution >= 4 is 11.8 Å². The lowest BCUT2D eigenvalue weighted by molar-refractivity contribution is -0.148. The fourth-order valence-electron chi connectivity index (χ4n) is 2.12. The molecule has 18 heavy (non-hydrogen) atoms. The average molecular weight is 258 g/mol. The molecule has 5 nitrogen and oxygen atoms in total. The van der Waals surface area contributed by atoms with Gasteiger partial charge in [-0.15, -0.1) is 0 Å². The molecule has 1 aliphatic rings. The fraction of sp³-hybridized carbons (Fsp3) is 0.846. The molecule has 0 N–H and O–H groups in total. The van der Waals surface area contributed by atoms with E-state index in [4.69, 9.17) is 14.2 Å². The van der Waals surface area contributed by atoms with Gasteiger partial charge < -0.3 is 14.2 Å². The van der Waals surface area contributed by atoms with E-state index in [1.165, 1.54) is 0 Å². The molecule has 1 aliphatic heterocycles. The second-order valence-corrected chi connectivity index (χ2v) is 4.68. The normalized spacial score (nSPS) is 27.8. The first-order chi connectivity index (χ1) is 8.51. The number of carbonyl (C=O) groups is 2. The lowest BCUT2D eigenvalue weighted by Crippen LogP contribution is -2.35. The Hall–Kier alpha value is -0.940. The van der Waals surface area contributed by atoms with E-state index in [0.29, 0.717) is 6.61 Å². The van der Waals surface area contributed by atoms with Crippen molar-refractivity contribution in [2.75, 3.05) is 13.2 Å². The van der Waals surface area contributed by atoms with Gasteiger partial charge >= 0.3 is 5.97 Å². The van der Waals surface area contributed by atoms with Gasteiger partial charge in [0.05, 0.1) is 24.9 Å². The molecular weight excluding hydrogens is 236 g/mol. The molecule has 1 heterocycles. The third-order valence-electron chi connectivity index (χ3n) is 2.78. The molecule has 104 valence electrons. The molecule has 5 heteroatoms. The van der Waals surface area contributed by atoms with Crippen molar-refractivity contribution in [2.45, 2.75) is 58.3 Å². The number of carbonyl (C=O) groups excluding carboxylic acids is 2. The average Bonchev–Trinajstić information content (AvgIpc) is 2.25. The van der Waals surface area contributed by atoms with E-state index < -0.39 is 5.97 Å². The Balaban J connectivity index is 2.23. The maximum atomic E-state index is 11.5. The van der Waals surface area contributed by atoms with E-state index in [9.17, 15) is 9.59 Å². The largest absolute Gasteiger partial charge is 0.466 e. The third kappa shape index (κ3) is 5.60. The smallest absolute Gasteiger partial charge is 0.313 e. The minimum absolute atomic E-state index is 0.0249. The Morgan fingerprint density at radius 1 is 1.22 bits per heavy atom. The summed E-state index contributed by atoms with van der Waals surface area (Å²) in [4.78, 5) is 22.6. The number of esters is 1. The molecule has 2 unspecified atom stereocenters. The van der Waals surface area contributed by atoms with Gasteiger partial charge in [-0.25, -0.2) is 0 Å². The summed E-state index contributed by atoms with van der Waals surface area (Å²) in [5.41, 5.74) is 0. The standard InChI is InChI=1S/C13H22O5/c1-4-16-13(15)7-11(14)8-17-12-5-9(2)18-10(3)6-12/h9-10,12H,4-8H2,1-3H3. The van der Waals surface area contributed by atoms with Gasteiger partial charge in [-0.2, -0.15) is 0 Å². The molecule has 0 aliphatic carbocycles. The van der Waals surface area contributed by atoms with Gasteiger partial charge in [0.25, 0.3) is 0 Å². The van der Waals surface area contributed by atoms with Crippen LogP contribution in [-0.4, -0.2) is 43.3 Å².